The van der Waals surface area contributed by atoms with Crippen LogP contribution in [-0.2, 0) is 0 Å². The van der Waals surface area contributed by atoms with Gasteiger partial charge in [0.25, 0.3) is 5.91 Å². The Morgan fingerprint density at radius 2 is 2.12 bits per heavy atom. The second kappa shape index (κ2) is 6.09. The van der Waals surface area contributed by atoms with E-state index in [0.29, 0.717) is 11.7 Å². The molecule has 1 aromatic carbocycles. The van der Waals surface area contributed by atoms with Gasteiger partial charge >= 0.3 is 0 Å². The fraction of sp³-hybridized carbons (Fsp3) is 0.353. The lowest BCUT2D eigenvalue weighted by Crippen LogP contribution is -2.29. The quantitative estimate of drug-likeness (QED) is 0.689. The first kappa shape index (κ1) is 14.9. The van der Waals surface area contributed by atoms with Crippen LogP contribution in [0.5, 0.6) is 0 Å². The Hall–Kier alpha value is -2.67. The van der Waals surface area contributed by atoms with Crippen LogP contribution in [0.15, 0.2) is 30.5 Å². The molecule has 4 rings (SSSR count). The fourth-order valence-corrected chi connectivity index (χ4v) is 3.18. The minimum absolute atomic E-state index is 0.234. The van der Waals surface area contributed by atoms with Gasteiger partial charge in [0.1, 0.15) is 0 Å². The minimum Gasteiger partial charge on any atom is -0.359 e. The molecule has 0 atom stereocenters. The van der Waals surface area contributed by atoms with E-state index in [1.165, 1.54) is 0 Å². The van der Waals surface area contributed by atoms with E-state index in [0.717, 1.165) is 48.2 Å². The Morgan fingerprint density at radius 3 is 2.96 bits per heavy atom. The number of rotatable bonds is 3. The van der Waals surface area contributed by atoms with Gasteiger partial charge < -0.3 is 15.6 Å². The summed E-state index contributed by atoms with van der Waals surface area (Å²) in [6.07, 6.45) is 3.76. The maximum atomic E-state index is 12.4. The van der Waals surface area contributed by atoms with Crippen LogP contribution in [-0.4, -0.2) is 39.0 Å². The van der Waals surface area contributed by atoms with E-state index in [-0.39, 0.29) is 5.91 Å². The number of H-pyrrole nitrogens is 1. The van der Waals surface area contributed by atoms with Gasteiger partial charge in [0.15, 0.2) is 5.69 Å². The molecule has 3 heterocycles. The van der Waals surface area contributed by atoms with Crippen LogP contribution in [0.1, 0.15) is 35.1 Å². The normalized spacial score (nSPS) is 15.7. The van der Waals surface area contributed by atoms with Crippen molar-refractivity contribution in [3.05, 3.63) is 41.9 Å². The van der Waals surface area contributed by atoms with E-state index < -0.39 is 0 Å². The van der Waals surface area contributed by atoms with Crippen molar-refractivity contribution in [3.8, 4) is 0 Å². The lowest BCUT2D eigenvalue weighted by atomic mass is 10.1. The van der Waals surface area contributed by atoms with Crippen molar-refractivity contribution in [1.82, 2.24) is 25.3 Å². The number of hydrogen-bond donors (Lipinski definition) is 3. The summed E-state index contributed by atoms with van der Waals surface area (Å²) in [7, 11) is 0. The van der Waals surface area contributed by atoms with E-state index in [2.05, 4.69) is 32.0 Å². The third-order valence-corrected chi connectivity index (χ3v) is 4.44. The molecule has 7 nitrogen and oxygen atoms in total. The number of anilines is 1. The molecule has 0 aliphatic carbocycles. The summed E-state index contributed by atoms with van der Waals surface area (Å²) in [5, 5.41) is 15.4. The number of carbonyl (C=O) groups excluding carboxylic acids is 1. The Balaban J connectivity index is 1.49. The molecule has 0 unspecified atom stereocenters. The Morgan fingerprint density at radius 1 is 1.29 bits per heavy atom. The number of piperidine rings is 1. The van der Waals surface area contributed by atoms with Crippen molar-refractivity contribution in [2.45, 2.75) is 25.8 Å². The first-order chi connectivity index (χ1) is 11.7. The van der Waals surface area contributed by atoms with Crippen LogP contribution in [0.25, 0.3) is 10.9 Å². The maximum absolute atomic E-state index is 12.4. The topological polar surface area (TPSA) is 87.6 Å². The van der Waals surface area contributed by atoms with E-state index in [4.69, 9.17) is 0 Å². The van der Waals surface area contributed by atoms with Crippen LogP contribution in [0.2, 0.25) is 0 Å². The molecule has 1 amide bonds. The van der Waals surface area contributed by atoms with Crippen LogP contribution in [0.4, 0.5) is 5.69 Å². The zero-order chi connectivity index (χ0) is 16.5. The van der Waals surface area contributed by atoms with Gasteiger partial charge in [-0.2, -0.15) is 0 Å². The monoisotopic (exact) mass is 324 g/mol. The molecule has 0 bridgehead atoms. The van der Waals surface area contributed by atoms with Gasteiger partial charge in [0, 0.05) is 22.3 Å². The number of benzene rings is 1. The Bertz CT molecular complexity index is 874. The van der Waals surface area contributed by atoms with Crippen LogP contribution in [0.3, 0.4) is 0 Å². The smallest absolute Gasteiger partial charge is 0.277 e. The summed E-state index contributed by atoms with van der Waals surface area (Å²) in [6.45, 7) is 3.96. The molecule has 0 saturated carbocycles. The molecule has 24 heavy (non-hydrogen) atoms. The van der Waals surface area contributed by atoms with Gasteiger partial charge in [-0.25, -0.2) is 4.68 Å². The first-order valence-corrected chi connectivity index (χ1v) is 8.22. The van der Waals surface area contributed by atoms with Crippen molar-refractivity contribution < 1.29 is 4.79 Å². The maximum Gasteiger partial charge on any atom is 0.277 e. The minimum atomic E-state index is -0.234. The molecule has 7 heteroatoms. The summed E-state index contributed by atoms with van der Waals surface area (Å²) in [6, 6.07) is 8.17. The number of amides is 1. The molecule has 0 spiro atoms. The Labute approximate surface area is 139 Å². The van der Waals surface area contributed by atoms with Gasteiger partial charge in [-0.15, -0.1) is 5.10 Å². The van der Waals surface area contributed by atoms with Gasteiger partial charge in [-0.05, 0) is 57.1 Å². The number of aromatic amines is 1. The Kier molecular flexibility index (Phi) is 3.78. The second-order valence-electron chi connectivity index (χ2n) is 6.27. The number of aromatic nitrogens is 4. The average Bonchev–Trinajstić information content (AvgIpc) is 3.21. The molecule has 3 aromatic rings. The SMILES string of the molecule is Cc1cc2cc(NC(=O)c3cn(C4CCNCC4)nn3)ccc2[nH]1. The summed E-state index contributed by atoms with van der Waals surface area (Å²) in [5.74, 6) is -0.234. The average molecular weight is 324 g/mol. The number of nitrogens with one attached hydrogen (secondary N) is 3. The summed E-state index contributed by atoms with van der Waals surface area (Å²) in [4.78, 5) is 15.7. The first-order valence-electron chi connectivity index (χ1n) is 8.22. The third kappa shape index (κ3) is 2.90. The van der Waals surface area contributed by atoms with Gasteiger partial charge in [0.05, 0.1) is 12.2 Å². The standard InChI is InChI=1S/C17H20N6O/c1-11-8-12-9-13(2-3-15(12)19-11)20-17(24)16-10-23(22-21-16)14-4-6-18-7-5-14/h2-3,8-10,14,18-19H,4-7H2,1H3,(H,20,24). The van der Waals surface area contributed by atoms with E-state index in [1.807, 2.05) is 29.8 Å². The van der Waals surface area contributed by atoms with E-state index >= 15 is 0 Å². The molecule has 1 aliphatic heterocycles. The highest BCUT2D eigenvalue weighted by Gasteiger charge is 2.18. The number of hydrogen-bond acceptors (Lipinski definition) is 4. The van der Waals surface area contributed by atoms with Crippen molar-refractivity contribution in [3.63, 3.8) is 0 Å². The second-order valence-corrected chi connectivity index (χ2v) is 6.27. The zero-order valence-corrected chi connectivity index (χ0v) is 13.5. The molecular weight excluding hydrogens is 304 g/mol. The van der Waals surface area contributed by atoms with Crippen LogP contribution >= 0.6 is 0 Å². The van der Waals surface area contributed by atoms with Crippen LogP contribution in [0, 0.1) is 6.92 Å². The lowest BCUT2D eigenvalue weighted by Gasteiger charge is -2.22. The summed E-state index contributed by atoms with van der Waals surface area (Å²) in [5.41, 5.74) is 3.25. The van der Waals surface area contributed by atoms with Gasteiger partial charge in [-0.1, -0.05) is 5.21 Å². The molecular formula is C17H20N6O. The van der Waals surface area contributed by atoms with Gasteiger partial charge in [-0.3, -0.25) is 4.79 Å². The number of fused-ring (bicyclic) bond motifs is 1. The predicted molar refractivity (Wildman–Crippen MR) is 92.2 cm³/mol. The summed E-state index contributed by atoms with van der Waals surface area (Å²) < 4.78 is 1.81. The zero-order valence-electron chi connectivity index (χ0n) is 13.5. The highest BCUT2D eigenvalue weighted by Crippen LogP contribution is 2.21. The van der Waals surface area contributed by atoms with Crippen molar-refractivity contribution in [2.24, 2.45) is 0 Å². The highest BCUT2D eigenvalue weighted by atomic mass is 16.2. The van der Waals surface area contributed by atoms with Crippen LogP contribution < -0.4 is 10.6 Å². The molecule has 3 N–H and O–H groups in total. The van der Waals surface area contributed by atoms with Crippen molar-refractivity contribution in [1.29, 1.82) is 0 Å². The molecule has 0 radical (unpaired) electrons. The van der Waals surface area contributed by atoms with Crippen molar-refractivity contribution >= 4 is 22.5 Å². The van der Waals surface area contributed by atoms with E-state index in [1.54, 1.807) is 6.20 Å². The predicted octanol–water partition coefficient (Wildman–Crippen LogP) is 2.24. The molecule has 1 fully saturated rings. The number of aryl methyl sites for hydroxylation is 1. The highest BCUT2D eigenvalue weighted by molar-refractivity contribution is 6.03. The molecule has 1 aliphatic rings. The molecule has 2 aromatic heterocycles. The van der Waals surface area contributed by atoms with E-state index in [9.17, 15) is 4.79 Å². The fourth-order valence-electron chi connectivity index (χ4n) is 3.18. The molecule has 124 valence electrons. The summed E-state index contributed by atoms with van der Waals surface area (Å²) >= 11 is 0. The largest absolute Gasteiger partial charge is 0.359 e. The lowest BCUT2D eigenvalue weighted by molar-refractivity contribution is 0.102. The third-order valence-electron chi connectivity index (χ3n) is 4.44. The number of carbonyl (C=O) groups is 1. The molecule has 1 saturated heterocycles. The van der Waals surface area contributed by atoms with Gasteiger partial charge in [0.2, 0.25) is 0 Å². The number of nitrogens with zero attached hydrogens (tertiary/aromatic N) is 3. The van der Waals surface area contributed by atoms with Crippen molar-refractivity contribution in [2.75, 3.05) is 18.4 Å².